The Morgan fingerprint density at radius 2 is 0.660 bits per heavy atom. The maximum atomic E-state index is 4.09. The molecule has 2 aliphatic carbocycles. The van der Waals surface area contributed by atoms with Gasteiger partial charge < -0.3 is 9.80 Å². The molecule has 0 aliphatic heterocycles. The number of aryl methyl sites for hydroxylation is 4. The maximum Gasteiger partial charge on any atom is 0.0540 e. The van der Waals surface area contributed by atoms with E-state index in [1.807, 2.05) is 12.2 Å². The molecule has 2 heteroatoms. The summed E-state index contributed by atoms with van der Waals surface area (Å²) in [6.45, 7) is 17.2. The third kappa shape index (κ3) is 9.63. The van der Waals surface area contributed by atoms with Gasteiger partial charge in [0.1, 0.15) is 0 Å². The molecule has 14 aromatic carbocycles. The normalized spacial score (nSPS) is 15.1. The Morgan fingerprint density at radius 1 is 0.298 bits per heavy atom. The first-order valence-electron chi connectivity index (χ1n) is 32.9. The first kappa shape index (κ1) is 57.8. The third-order valence-corrected chi connectivity index (χ3v) is 20.5. The van der Waals surface area contributed by atoms with E-state index in [1.165, 1.54) is 111 Å². The van der Waals surface area contributed by atoms with Crippen molar-refractivity contribution < 1.29 is 0 Å². The second-order valence-corrected chi connectivity index (χ2v) is 26.0. The molecule has 0 radical (unpaired) electrons. The second-order valence-electron chi connectivity index (χ2n) is 26.0. The van der Waals surface area contributed by atoms with Crippen molar-refractivity contribution in [1.82, 2.24) is 0 Å². The van der Waals surface area contributed by atoms with Gasteiger partial charge in [-0.1, -0.05) is 279 Å². The van der Waals surface area contributed by atoms with Crippen LogP contribution >= 0.6 is 0 Å². The van der Waals surface area contributed by atoms with Crippen LogP contribution in [0.25, 0.3) is 67.1 Å². The summed E-state index contributed by atoms with van der Waals surface area (Å²) in [6.07, 6.45) is 5.46. The van der Waals surface area contributed by atoms with Gasteiger partial charge in [-0.25, -0.2) is 0 Å². The molecule has 0 aromatic heterocycles. The lowest BCUT2D eigenvalue weighted by molar-refractivity contribution is 0.624. The molecule has 450 valence electrons. The van der Waals surface area contributed by atoms with Crippen molar-refractivity contribution in [3.8, 4) is 33.4 Å². The molecular formula is C92H72N2. The molecule has 2 unspecified atom stereocenters. The monoisotopic (exact) mass is 1200 g/mol. The Bertz CT molecular complexity index is 4940. The molecule has 0 saturated carbocycles. The quantitative estimate of drug-likeness (QED) is 0.101. The van der Waals surface area contributed by atoms with E-state index in [4.69, 9.17) is 0 Å². The van der Waals surface area contributed by atoms with Crippen molar-refractivity contribution in [2.75, 3.05) is 9.80 Å². The molecule has 0 fully saturated rings. The smallest absolute Gasteiger partial charge is 0.0540 e. The molecule has 0 heterocycles. The third-order valence-electron chi connectivity index (χ3n) is 20.5. The molecule has 2 aliphatic rings. The molecule has 0 spiro atoms. The highest BCUT2D eigenvalue weighted by atomic mass is 15.1. The Morgan fingerprint density at radius 3 is 1.07 bits per heavy atom. The molecule has 0 amide bonds. The van der Waals surface area contributed by atoms with Crippen molar-refractivity contribution in [2.45, 2.75) is 51.4 Å². The van der Waals surface area contributed by atoms with Crippen LogP contribution in [0.1, 0.15) is 77.9 Å². The van der Waals surface area contributed by atoms with E-state index in [1.54, 1.807) is 0 Å². The highest BCUT2D eigenvalue weighted by Crippen LogP contribution is 2.59. The molecule has 14 aromatic rings. The summed E-state index contributed by atoms with van der Waals surface area (Å²) in [5.74, 6) is 0. The first-order valence-corrected chi connectivity index (χ1v) is 32.9. The van der Waals surface area contributed by atoms with Gasteiger partial charge in [-0.15, -0.1) is 0 Å². The van der Waals surface area contributed by atoms with Gasteiger partial charge in [-0.05, 0) is 212 Å². The van der Waals surface area contributed by atoms with Crippen molar-refractivity contribution in [1.29, 1.82) is 0 Å². The first-order chi connectivity index (χ1) is 46.1. The van der Waals surface area contributed by atoms with Crippen LogP contribution in [0.2, 0.25) is 0 Å². The number of rotatable bonds is 15. The maximum absolute atomic E-state index is 4.09. The van der Waals surface area contributed by atoms with E-state index in [-0.39, 0.29) is 0 Å². The Labute approximate surface area is 553 Å². The summed E-state index contributed by atoms with van der Waals surface area (Å²) < 4.78 is 0. The van der Waals surface area contributed by atoms with Crippen LogP contribution in [-0.4, -0.2) is 0 Å². The summed E-state index contributed by atoms with van der Waals surface area (Å²) in [6, 6.07) is 114. The Kier molecular flexibility index (Phi) is 14.4. The van der Waals surface area contributed by atoms with Crippen LogP contribution in [-0.2, 0) is 23.7 Å². The molecule has 0 bridgehead atoms. The number of nitrogens with zero attached hydrogens (tertiary/aromatic N) is 2. The molecule has 16 rings (SSSR count). The molecule has 2 atom stereocenters. The van der Waals surface area contributed by atoms with Gasteiger partial charge in [0.05, 0.1) is 22.2 Å². The highest BCUT2D eigenvalue weighted by molar-refractivity contribution is 6.02. The average molecular weight is 1210 g/mol. The van der Waals surface area contributed by atoms with Gasteiger partial charge in [0.15, 0.2) is 0 Å². The fourth-order valence-electron chi connectivity index (χ4n) is 16.0. The van der Waals surface area contributed by atoms with E-state index < -0.39 is 10.8 Å². The molecule has 2 nitrogen and oxygen atoms in total. The predicted molar refractivity (Wildman–Crippen MR) is 399 cm³/mol. The number of hydrogen-bond acceptors (Lipinski definition) is 2. The van der Waals surface area contributed by atoms with Crippen LogP contribution < -0.4 is 9.80 Å². The van der Waals surface area contributed by atoms with Gasteiger partial charge in [0.25, 0.3) is 0 Å². The minimum absolute atomic E-state index is 0.478. The van der Waals surface area contributed by atoms with Crippen molar-refractivity contribution in [3.63, 3.8) is 0 Å². The van der Waals surface area contributed by atoms with Crippen LogP contribution in [0.3, 0.4) is 0 Å². The zero-order valence-corrected chi connectivity index (χ0v) is 53.7. The second kappa shape index (κ2) is 23.4. The average Bonchev–Trinajstić information content (AvgIpc) is 1.54. The van der Waals surface area contributed by atoms with Crippen LogP contribution in [0.5, 0.6) is 0 Å². The van der Waals surface area contributed by atoms with Gasteiger partial charge >= 0.3 is 0 Å². The Hall–Kier alpha value is -11.3. The van der Waals surface area contributed by atoms with Gasteiger partial charge in [-0.2, -0.15) is 0 Å². The highest BCUT2D eigenvalue weighted by Gasteiger charge is 2.48. The van der Waals surface area contributed by atoms with E-state index >= 15 is 0 Å². The van der Waals surface area contributed by atoms with Crippen LogP contribution in [0, 0.1) is 27.7 Å². The summed E-state index contributed by atoms with van der Waals surface area (Å²) in [5, 5.41) is 4.77. The minimum atomic E-state index is -0.478. The van der Waals surface area contributed by atoms with E-state index in [0.717, 1.165) is 69.2 Å². The van der Waals surface area contributed by atoms with Crippen molar-refractivity contribution in [2.24, 2.45) is 0 Å². The van der Waals surface area contributed by atoms with Gasteiger partial charge in [-0.3, -0.25) is 0 Å². The summed E-state index contributed by atoms with van der Waals surface area (Å²) in [5.41, 5.74) is 30.9. The lowest BCUT2D eigenvalue weighted by atomic mass is 9.67. The molecule has 94 heavy (non-hydrogen) atoms. The fourth-order valence-corrected chi connectivity index (χ4v) is 16.0. The van der Waals surface area contributed by atoms with Crippen LogP contribution in [0.15, 0.2) is 316 Å². The minimum Gasteiger partial charge on any atom is -0.310 e. The van der Waals surface area contributed by atoms with Crippen molar-refractivity contribution in [3.05, 3.63) is 394 Å². The van der Waals surface area contributed by atoms with Crippen LogP contribution in [0.4, 0.5) is 34.1 Å². The zero-order chi connectivity index (χ0) is 63.7. The SMILES string of the molecule is C=Cc1ccc(CC2(c3cc(C)ccc3C)c3ccccc3-c3ccc(N(c4ccc(-c5ccc(N(c6ccc7c(c6)C(Cc6ccc(C=C)cc6)(c6cc(C)ccc6C)c6ccccc6-7)c6cccc7ccccc67)cc5)cc4)c4cccc5ccccc45)cc32)cc1. The number of anilines is 6. The predicted octanol–water partition coefficient (Wildman–Crippen LogP) is 24.2. The fraction of sp³-hybridized carbons (Fsp3) is 0.0870. The van der Waals surface area contributed by atoms with E-state index in [0.29, 0.717) is 0 Å². The summed E-state index contributed by atoms with van der Waals surface area (Å²) in [4.78, 5) is 4.96. The number of benzene rings is 14. The summed E-state index contributed by atoms with van der Waals surface area (Å²) >= 11 is 0. The van der Waals surface area contributed by atoms with Gasteiger partial charge in [0, 0.05) is 33.5 Å². The van der Waals surface area contributed by atoms with E-state index in [2.05, 4.69) is 354 Å². The molecule has 0 saturated heterocycles. The van der Waals surface area contributed by atoms with E-state index in [9.17, 15) is 0 Å². The lowest BCUT2D eigenvalue weighted by Gasteiger charge is -2.36. The topological polar surface area (TPSA) is 6.48 Å². The Balaban J connectivity index is 0.820. The van der Waals surface area contributed by atoms with Crippen molar-refractivity contribution >= 4 is 67.8 Å². The molecular weight excluding hydrogens is 1130 g/mol. The largest absolute Gasteiger partial charge is 0.310 e. The zero-order valence-electron chi connectivity index (χ0n) is 53.7. The molecule has 0 N–H and O–H groups in total. The van der Waals surface area contributed by atoms with Gasteiger partial charge in [0.2, 0.25) is 0 Å². The number of fused-ring (bicyclic) bond motifs is 8. The lowest BCUT2D eigenvalue weighted by Crippen LogP contribution is -2.31. The number of hydrogen-bond donors (Lipinski definition) is 0. The standard InChI is InChI=1S/C92H72N2/c1-7-65-35-39-67(40-36-65)59-91(85-55-61(3)31-33-63(85)5)83-27-15-13-25-79(83)81-53-51-75(57-87(81)91)93(89-29-17-21-71-19-9-11-23-77(71)89)73-47-43-69(44-48-73)70-45-49-74(50-46-70)94(90-30-18-22-72-20-10-12-24-78(72)90)76-52-54-82-80-26-14-16-28-84(80)92(88(82)58-76,86-56-62(4)32-34-64(86)6)60-68-41-37-66(8-2)38-42-68/h7-58H,1-2,59-60H2,3-6H3. The summed E-state index contributed by atoms with van der Waals surface area (Å²) in [7, 11) is 0.